The molecule has 2 amide bonds. The molecule has 0 saturated heterocycles. The Balaban J connectivity index is 1.39. The maximum Gasteiger partial charge on any atom is 0.280 e. The van der Waals surface area contributed by atoms with Crippen LogP contribution in [0, 0.1) is 20.8 Å². The minimum atomic E-state index is -0.141. The van der Waals surface area contributed by atoms with Gasteiger partial charge in [-0.1, -0.05) is 35.9 Å². The van der Waals surface area contributed by atoms with Gasteiger partial charge in [-0.25, -0.2) is 0 Å². The first kappa shape index (κ1) is 26.0. The topological polar surface area (TPSA) is 66.7 Å². The molecule has 0 bridgehead atoms. The molecule has 6 rings (SSSR count). The van der Waals surface area contributed by atoms with Gasteiger partial charge < -0.3 is 9.88 Å². The number of hydrogen-bond donors (Lipinski definition) is 1. The van der Waals surface area contributed by atoms with Crippen LogP contribution in [0.4, 0.5) is 11.4 Å². The fraction of sp³-hybridized carbons (Fsp3) is 0.242. The van der Waals surface area contributed by atoms with Crippen molar-refractivity contribution < 1.29 is 9.59 Å². The van der Waals surface area contributed by atoms with Gasteiger partial charge in [0, 0.05) is 22.0 Å². The Kier molecular flexibility index (Phi) is 6.76. The normalized spacial score (nSPS) is 15.9. The van der Waals surface area contributed by atoms with E-state index in [1.807, 2.05) is 74.5 Å². The fourth-order valence-electron chi connectivity index (χ4n) is 5.60. The van der Waals surface area contributed by atoms with Crippen molar-refractivity contribution in [3.63, 3.8) is 0 Å². The maximum absolute atomic E-state index is 13.8. The number of aryl methyl sites for hydroxylation is 3. The first-order valence-corrected chi connectivity index (χ1v) is 14.5. The van der Waals surface area contributed by atoms with Crippen LogP contribution in [0.3, 0.4) is 0 Å². The minimum Gasteiger partial charge on any atom is -0.322 e. The first-order valence-electron chi connectivity index (χ1n) is 13.7. The van der Waals surface area contributed by atoms with E-state index in [-0.39, 0.29) is 11.8 Å². The highest BCUT2D eigenvalue weighted by molar-refractivity contribution is 7.15. The maximum atomic E-state index is 13.8. The Labute approximate surface area is 238 Å². The summed E-state index contributed by atoms with van der Waals surface area (Å²) in [7, 11) is 0. The van der Waals surface area contributed by atoms with Gasteiger partial charge in [0.25, 0.3) is 11.8 Å². The summed E-state index contributed by atoms with van der Waals surface area (Å²) in [6.45, 7) is 8.02. The highest BCUT2D eigenvalue weighted by Crippen LogP contribution is 2.39. The average Bonchev–Trinajstić information content (AvgIpc) is 3.56. The highest BCUT2D eigenvalue weighted by Gasteiger charge is 2.31. The van der Waals surface area contributed by atoms with Crippen molar-refractivity contribution in [2.45, 2.75) is 53.4 Å². The molecule has 0 spiro atoms. The standard InChI is InChI=1S/C33H32N4O2S/c1-20-14-16-25(17-15-20)34-31(38)30-27-12-8-9-13-29(27)40-33(30)36-21(2)18-24(23(36)4)19-28-22(3)35-37(32(28)39)26-10-6-5-7-11-26/h5-7,10-11,14-19H,8-9,12-13H2,1-4H3,(H,34,38). The van der Waals surface area contributed by atoms with Gasteiger partial charge in [-0.3, -0.25) is 9.59 Å². The second-order valence-electron chi connectivity index (χ2n) is 10.6. The third-order valence-electron chi connectivity index (χ3n) is 7.73. The molecule has 0 fully saturated rings. The van der Waals surface area contributed by atoms with Crippen molar-refractivity contribution >= 4 is 46.3 Å². The second kappa shape index (κ2) is 10.4. The third-order valence-corrected chi connectivity index (χ3v) is 9.00. The number of nitrogens with one attached hydrogen (secondary N) is 1. The van der Waals surface area contributed by atoms with Gasteiger partial charge in [-0.2, -0.15) is 10.1 Å². The number of aromatic nitrogens is 1. The zero-order chi connectivity index (χ0) is 28.0. The van der Waals surface area contributed by atoms with Crippen molar-refractivity contribution in [2.75, 3.05) is 10.3 Å². The molecule has 202 valence electrons. The van der Waals surface area contributed by atoms with E-state index in [1.54, 1.807) is 11.3 Å². The lowest BCUT2D eigenvalue weighted by molar-refractivity contribution is -0.114. The molecule has 4 aromatic rings. The molecular weight excluding hydrogens is 516 g/mol. The number of hydrogen-bond acceptors (Lipinski definition) is 4. The number of fused-ring (bicyclic) bond motifs is 1. The number of para-hydroxylation sites is 1. The molecule has 3 heterocycles. The molecular formula is C33H32N4O2S. The molecule has 1 aliphatic carbocycles. The number of rotatable bonds is 5. The molecule has 40 heavy (non-hydrogen) atoms. The summed E-state index contributed by atoms with van der Waals surface area (Å²) in [5.74, 6) is -0.212. The summed E-state index contributed by atoms with van der Waals surface area (Å²) in [5, 5.41) is 10.1. The molecule has 6 nitrogen and oxygen atoms in total. The molecule has 0 unspecified atom stereocenters. The third kappa shape index (κ3) is 4.60. The average molecular weight is 549 g/mol. The number of thiophene rings is 1. The van der Waals surface area contributed by atoms with Crippen LogP contribution in [0.25, 0.3) is 11.1 Å². The predicted molar refractivity (Wildman–Crippen MR) is 164 cm³/mol. The number of carbonyl (C=O) groups excluding carboxylic acids is 2. The molecule has 2 aromatic carbocycles. The number of hydrazone groups is 1. The number of nitrogens with zero attached hydrogens (tertiary/aromatic N) is 3. The predicted octanol–water partition coefficient (Wildman–Crippen LogP) is 7.40. The van der Waals surface area contributed by atoms with Crippen molar-refractivity contribution in [2.24, 2.45) is 5.10 Å². The van der Waals surface area contributed by atoms with E-state index in [1.165, 1.54) is 15.4 Å². The molecule has 2 aromatic heterocycles. The molecule has 0 atom stereocenters. The van der Waals surface area contributed by atoms with Gasteiger partial charge in [0.05, 0.1) is 22.5 Å². The van der Waals surface area contributed by atoms with Gasteiger partial charge in [0.1, 0.15) is 5.00 Å². The Bertz CT molecular complexity index is 1690. The van der Waals surface area contributed by atoms with E-state index in [0.29, 0.717) is 11.3 Å². The van der Waals surface area contributed by atoms with E-state index in [0.717, 1.165) is 70.1 Å². The zero-order valence-corrected chi connectivity index (χ0v) is 24.1. The Morgan fingerprint density at radius 1 is 0.975 bits per heavy atom. The minimum absolute atomic E-state index is 0.0712. The van der Waals surface area contributed by atoms with Crippen LogP contribution < -0.4 is 10.3 Å². The van der Waals surface area contributed by atoms with Gasteiger partial charge in [0.15, 0.2) is 0 Å². The van der Waals surface area contributed by atoms with Gasteiger partial charge >= 0.3 is 0 Å². The van der Waals surface area contributed by atoms with Crippen molar-refractivity contribution in [1.82, 2.24) is 4.57 Å². The summed E-state index contributed by atoms with van der Waals surface area (Å²) in [6, 6.07) is 19.5. The first-order chi connectivity index (χ1) is 19.3. The smallest absolute Gasteiger partial charge is 0.280 e. The number of anilines is 2. The van der Waals surface area contributed by atoms with Crippen LogP contribution >= 0.6 is 11.3 Å². The molecule has 0 radical (unpaired) electrons. The lowest BCUT2D eigenvalue weighted by atomic mass is 9.95. The summed E-state index contributed by atoms with van der Waals surface area (Å²) >= 11 is 1.72. The highest BCUT2D eigenvalue weighted by atomic mass is 32.1. The molecule has 2 aliphatic rings. The quantitative estimate of drug-likeness (QED) is 0.264. The Hall–Kier alpha value is -4.23. The van der Waals surface area contributed by atoms with E-state index in [4.69, 9.17) is 0 Å². The van der Waals surface area contributed by atoms with E-state index in [2.05, 4.69) is 34.9 Å². The number of amides is 2. The van der Waals surface area contributed by atoms with Crippen molar-refractivity contribution in [3.05, 3.63) is 105 Å². The summed E-state index contributed by atoms with van der Waals surface area (Å²) < 4.78 is 2.18. The lowest BCUT2D eigenvalue weighted by Gasteiger charge is -2.14. The van der Waals surface area contributed by atoms with Crippen molar-refractivity contribution in [3.8, 4) is 5.00 Å². The Morgan fingerprint density at radius 3 is 2.45 bits per heavy atom. The van der Waals surface area contributed by atoms with Gasteiger partial charge in [-0.15, -0.1) is 11.3 Å². The molecule has 0 saturated carbocycles. The van der Waals surface area contributed by atoms with Crippen LogP contribution in [0.5, 0.6) is 0 Å². The monoisotopic (exact) mass is 548 g/mol. The van der Waals surface area contributed by atoms with Crippen LogP contribution in [0.15, 0.2) is 71.3 Å². The molecule has 1 N–H and O–H groups in total. The van der Waals surface area contributed by atoms with Crippen LogP contribution in [0.1, 0.15) is 63.1 Å². The molecule has 7 heteroatoms. The fourth-order valence-corrected chi connectivity index (χ4v) is 7.10. The van der Waals surface area contributed by atoms with Gasteiger partial charge in [0.2, 0.25) is 0 Å². The van der Waals surface area contributed by atoms with Crippen LogP contribution in [-0.4, -0.2) is 22.1 Å². The Morgan fingerprint density at radius 2 is 1.70 bits per heavy atom. The van der Waals surface area contributed by atoms with Crippen LogP contribution in [-0.2, 0) is 17.6 Å². The molecule has 1 aliphatic heterocycles. The summed E-state index contributed by atoms with van der Waals surface area (Å²) in [4.78, 5) is 28.4. The zero-order valence-electron chi connectivity index (χ0n) is 23.2. The number of carbonyl (C=O) groups is 2. The van der Waals surface area contributed by atoms with Crippen LogP contribution in [0.2, 0.25) is 0 Å². The summed E-state index contributed by atoms with van der Waals surface area (Å²) in [6.07, 6.45) is 6.08. The number of benzene rings is 2. The summed E-state index contributed by atoms with van der Waals surface area (Å²) in [5.41, 5.74) is 8.85. The van der Waals surface area contributed by atoms with E-state index >= 15 is 0 Å². The SMILES string of the molecule is CC1=NN(c2ccccc2)C(=O)C1=Cc1cc(C)n(-c2sc3c(c2C(=O)Nc2ccc(C)cc2)CCCC3)c1C. The van der Waals surface area contributed by atoms with E-state index in [9.17, 15) is 9.59 Å². The van der Waals surface area contributed by atoms with Gasteiger partial charge in [-0.05, 0) is 101 Å². The lowest BCUT2D eigenvalue weighted by Crippen LogP contribution is -2.21. The second-order valence-corrected chi connectivity index (χ2v) is 11.7. The van der Waals surface area contributed by atoms with Crippen molar-refractivity contribution in [1.29, 1.82) is 0 Å². The largest absolute Gasteiger partial charge is 0.322 e. The van der Waals surface area contributed by atoms with E-state index < -0.39 is 0 Å².